The Morgan fingerprint density at radius 2 is 2.33 bits per heavy atom. The molecule has 0 bridgehead atoms. The molecule has 0 radical (unpaired) electrons. The van der Waals surface area contributed by atoms with Crippen LogP contribution in [0.5, 0.6) is 0 Å². The van der Waals surface area contributed by atoms with Gasteiger partial charge in [0.1, 0.15) is 6.04 Å². The van der Waals surface area contributed by atoms with E-state index in [1.165, 1.54) is 10.4 Å². The zero-order valence-corrected chi connectivity index (χ0v) is 11.3. The van der Waals surface area contributed by atoms with E-state index in [1.54, 1.807) is 18.3 Å². The standard InChI is InChI=1S/C13H17NO3S/c1-3-10(13(16)17)14-12(15)9-6-8(9)11-7(2)4-5-18-11/h4-5,8-10H,3,6H2,1-2H3,(H,14,15)(H,16,17). The van der Waals surface area contributed by atoms with Crippen molar-refractivity contribution in [2.45, 2.75) is 38.6 Å². The van der Waals surface area contributed by atoms with Gasteiger partial charge >= 0.3 is 5.97 Å². The summed E-state index contributed by atoms with van der Waals surface area (Å²) in [5.74, 6) is -0.843. The van der Waals surface area contributed by atoms with Crippen LogP contribution in [0.1, 0.15) is 36.1 Å². The van der Waals surface area contributed by atoms with Gasteiger partial charge < -0.3 is 10.4 Å². The molecule has 1 amide bonds. The maximum Gasteiger partial charge on any atom is 0.326 e. The van der Waals surface area contributed by atoms with E-state index in [2.05, 4.69) is 11.4 Å². The molecule has 1 aliphatic rings. The second-order valence-corrected chi connectivity index (χ2v) is 5.67. The van der Waals surface area contributed by atoms with Crippen LogP contribution in [-0.2, 0) is 9.59 Å². The van der Waals surface area contributed by atoms with Crippen LogP contribution in [0.15, 0.2) is 11.4 Å². The number of hydrogen-bond acceptors (Lipinski definition) is 3. The van der Waals surface area contributed by atoms with Gasteiger partial charge in [0.15, 0.2) is 0 Å². The summed E-state index contributed by atoms with van der Waals surface area (Å²) in [6.07, 6.45) is 1.25. The fraction of sp³-hybridized carbons (Fsp3) is 0.538. The van der Waals surface area contributed by atoms with Gasteiger partial charge in [0, 0.05) is 16.7 Å². The van der Waals surface area contributed by atoms with Gasteiger partial charge in [-0.15, -0.1) is 11.3 Å². The lowest BCUT2D eigenvalue weighted by Gasteiger charge is -2.11. The summed E-state index contributed by atoms with van der Waals surface area (Å²) in [6.45, 7) is 3.80. The monoisotopic (exact) mass is 267 g/mol. The lowest BCUT2D eigenvalue weighted by molar-refractivity contribution is -0.142. The molecule has 1 aliphatic carbocycles. The van der Waals surface area contributed by atoms with E-state index < -0.39 is 12.0 Å². The summed E-state index contributed by atoms with van der Waals surface area (Å²) in [4.78, 5) is 24.0. The number of amides is 1. The third-order valence-corrected chi connectivity index (χ3v) is 4.54. The van der Waals surface area contributed by atoms with Crippen molar-refractivity contribution in [3.05, 3.63) is 21.9 Å². The molecular formula is C13H17NO3S. The van der Waals surface area contributed by atoms with Gasteiger partial charge in [0.05, 0.1) is 0 Å². The first kappa shape index (κ1) is 13.1. The third-order valence-electron chi connectivity index (χ3n) is 3.39. The van der Waals surface area contributed by atoms with E-state index in [-0.39, 0.29) is 17.7 Å². The highest BCUT2D eigenvalue weighted by Gasteiger charge is 2.45. The van der Waals surface area contributed by atoms with Crippen molar-refractivity contribution in [3.63, 3.8) is 0 Å². The van der Waals surface area contributed by atoms with Crippen molar-refractivity contribution >= 4 is 23.2 Å². The topological polar surface area (TPSA) is 66.4 Å². The van der Waals surface area contributed by atoms with Gasteiger partial charge in [-0.2, -0.15) is 0 Å². The molecule has 1 heterocycles. The molecule has 1 aromatic rings. The number of hydrogen-bond donors (Lipinski definition) is 2. The molecule has 1 aromatic heterocycles. The number of carboxylic acid groups (broad SMARTS) is 1. The largest absolute Gasteiger partial charge is 0.480 e. The number of carbonyl (C=O) groups is 2. The molecule has 0 spiro atoms. The highest BCUT2D eigenvalue weighted by molar-refractivity contribution is 7.10. The van der Waals surface area contributed by atoms with Crippen LogP contribution in [0, 0.1) is 12.8 Å². The van der Waals surface area contributed by atoms with Gasteiger partial charge in [-0.3, -0.25) is 4.79 Å². The third kappa shape index (κ3) is 2.56. The van der Waals surface area contributed by atoms with Gasteiger partial charge in [0.2, 0.25) is 5.91 Å². The molecule has 3 unspecified atom stereocenters. The number of carbonyl (C=O) groups excluding carboxylic acids is 1. The average Bonchev–Trinajstić information content (AvgIpc) is 3.01. The molecule has 3 atom stereocenters. The number of rotatable bonds is 5. The predicted molar refractivity (Wildman–Crippen MR) is 69.8 cm³/mol. The first-order chi connectivity index (χ1) is 8.54. The Morgan fingerprint density at radius 1 is 1.61 bits per heavy atom. The quantitative estimate of drug-likeness (QED) is 0.859. The van der Waals surface area contributed by atoms with Crippen LogP contribution in [0.4, 0.5) is 0 Å². The van der Waals surface area contributed by atoms with E-state index >= 15 is 0 Å². The summed E-state index contributed by atoms with van der Waals surface area (Å²) in [6, 6.07) is 1.29. The van der Waals surface area contributed by atoms with Gasteiger partial charge in [-0.05, 0) is 36.8 Å². The van der Waals surface area contributed by atoms with E-state index in [0.717, 1.165) is 6.42 Å². The van der Waals surface area contributed by atoms with Crippen LogP contribution in [0.25, 0.3) is 0 Å². The summed E-state index contributed by atoms with van der Waals surface area (Å²) in [7, 11) is 0. The van der Waals surface area contributed by atoms with Crippen LogP contribution >= 0.6 is 11.3 Å². The highest BCUT2D eigenvalue weighted by atomic mass is 32.1. The summed E-state index contributed by atoms with van der Waals surface area (Å²) >= 11 is 1.68. The number of thiophene rings is 1. The minimum absolute atomic E-state index is 0.0456. The Kier molecular flexibility index (Phi) is 3.71. The van der Waals surface area contributed by atoms with E-state index in [1.807, 2.05) is 12.3 Å². The summed E-state index contributed by atoms with van der Waals surface area (Å²) in [5.41, 5.74) is 1.23. The van der Waals surface area contributed by atoms with Crippen molar-refractivity contribution in [1.29, 1.82) is 0 Å². The Labute approximate surface area is 110 Å². The van der Waals surface area contributed by atoms with Crippen LogP contribution in [0.3, 0.4) is 0 Å². The zero-order valence-electron chi connectivity index (χ0n) is 10.5. The van der Waals surface area contributed by atoms with Crippen molar-refractivity contribution in [1.82, 2.24) is 5.32 Å². The molecule has 5 heteroatoms. The van der Waals surface area contributed by atoms with Crippen LogP contribution in [-0.4, -0.2) is 23.0 Å². The maximum atomic E-state index is 11.9. The Morgan fingerprint density at radius 3 is 2.83 bits per heavy atom. The fourth-order valence-electron chi connectivity index (χ4n) is 2.16. The lowest BCUT2D eigenvalue weighted by atomic mass is 10.1. The second-order valence-electron chi connectivity index (χ2n) is 4.72. The fourth-order valence-corrected chi connectivity index (χ4v) is 3.26. The Hall–Kier alpha value is -1.36. The normalized spacial score (nSPS) is 23.4. The number of aliphatic carboxylic acids is 1. The van der Waals surface area contributed by atoms with Crippen molar-refractivity contribution < 1.29 is 14.7 Å². The average molecular weight is 267 g/mol. The molecular weight excluding hydrogens is 250 g/mol. The molecule has 18 heavy (non-hydrogen) atoms. The first-order valence-corrected chi connectivity index (χ1v) is 6.99. The van der Waals surface area contributed by atoms with Crippen LogP contribution in [0.2, 0.25) is 0 Å². The molecule has 0 saturated heterocycles. The predicted octanol–water partition coefficient (Wildman–Crippen LogP) is 2.14. The number of carboxylic acids is 1. The SMILES string of the molecule is CCC(NC(=O)C1CC1c1sccc1C)C(=O)O. The van der Waals surface area contributed by atoms with Gasteiger partial charge in [-0.25, -0.2) is 4.79 Å². The molecule has 1 fully saturated rings. The first-order valence-electron chi connectivity index (χ1n) is 6.11. The van der Waals surface area contributed by atoms with Crippen LogP contribution < -0.4 is 5.32 Å². The Bertz CT molecular complexity index is 469. The van der Waals surface area contributed by atoms with Crippen molar-refractivity contribution in [2.75, 3.05) is 0 Å². The lowest BCUT2D eigenvalue weighted by Crippen LogP contribution is -2.41. The molecule has 0 aromatic carbocycles. The molecule has 2 N–H and O–H groups in total. The minimum atomic E-state index is -0.963. The Balaban J connectivity index is 1.94. The summed E-state index contributed by atoms with van der Waals surface area (Å²) < 4.78 is 0. The minimum Gasteiger partial charge on any atom is -0.480 e. The van der Waals surface area contributed by atoms with E-state index in [4.69, 9.17) is 5.11 Å². The molecule has 0 aliphatic heterocycles. The second kappa shape index (κ2) is 5.10. The summed E-state index contributed by atoms with van der Waals surface area (Å²) in [5, 5.41) is 13.5. The molecule has 98 valence electrons. The number of nitrogens with one attached hydrogen (secondary N) is 1. The van der Waals surface area contributed by atoms with E-state index in [9.17, 15) is 9.59 Å². The van der Waals surface area contributed by atoms with Gasteiger partial charge in [-0.1, -0.05) is 6.92 Å². The highest BCUT2D eigenvalue weighted by Crippen LogP contribution is 2.50. The zero-order chi connectivity index (χ0) is 13.3. The maximum absolute atomic E-state index is 11.9. The van der Waals surface area contributed by atoms with E-state index in [0.29, 0.717) is 6.42 Å². The van der Waals surface area contributed by atoms with Crippen molar-refractivity contribution in [2.24, 2.45) is 5.92 Å². The van der Waals surface area contributed by atoms with Crippen molar-refractivity contribution in [3.8, 4) is 0 Å². The smallest absolute Gasteiger partial charge is 0.326 e. The number of aryl methyl sites for hydroxylation is 1. The molecule has 2 rings (SSSR count). The molecule has 1 saturated carbocycles. The van der Waals surface area contributed by atoms with Gasteiger partial charge in [0.25, 0.3) is 0 Å². The molecule has 4 nitrogen and oxygen atoms in total.